The number of benzene rings is 1. The van der Waals surface area contributed by atoms with Crippen molar-refractivity contribution in [1.29, 1.82) is 0 Å². The van der Waals surface area contributed by atoms with E-state index >= 15 is 0 Å². The van der Waals surface area contributed by atoms with Crippen LogP contribution in [0.15, 0.2) is 24.3 Å². The first-order valence-corrected chi connectivity index (χ1v) is 7.93. The first kappa shape index (κ1) is 19.8. The van der Waals surface area contributed by atoms with Gasteiger partial charge in [0.2, 0.25) is 0 Å². The van der Waals surface area contributed by atoms with Crippen molar-refractivity contribution >= 4 is 12.2 Å². The van der Waals surface area contributed by atoms with E-state index in [1.165, 1.54) is 4.90 Å². The fraction of sp³-hybridized carbons (Fsp3) is 0.556. The van der Waals surface area contributed by atoms with Gasteiger partial charge < -0.3 is 19.3 Å². The Kier molecular flexibility index (Phi) is 6.63. The Morgan fingerprint density at radius 1 is 1.12 bits per heavy atom. The Morgan fingerprint density at radius 2 is 1.75 bits per heavy atom. The minimum atomic E-state index is -0.522. The third-order valence-electron chi connectivity index (χ3n) is 3.34. The van der Waals surface area contributed by atoms with E-state index < -0.39 is 11.7 Å². The molecule has 0 N–H and O–H groups in total. The summed E-state index contributed by atoms with van der Waals surface area (Å²) in [5, 5.41) is 0. The van der Waals surface area contributed by atoms with E-state index in [0.717, 1.165) is 5.56 Å². The number of carbonyl (C=O) groups excluding carboxylic acids is 2. The maximum absolute atomic E-state index is 12.1. The highest BCUT2D eigenvalue weighted by atomic mass is 16.6. The number of amides is 2. The molecule has 1 atom stereocenters. The maximum Gasteiger partial charge on any atom is 0.414 e. The van der Waals surface area contributed by atoms with E-state index in [2.05, 4.69) is 0 Å². The Bertz CT molecular complexity index is 579. The molecule has 1 aromatic carbocycles. The number of ether oxygens (including phenoxy) is 2. The third-order valence-corrected chi connectivity index (χ3v) is 3.34. The summed E-state index contributed by atoms with van der Waals surface area (Å²) in [4.78, 5) is 26.7. The van der Waals surface area contributed by atoms with Crippen molar-refractivity contribution in [3.05, 3.63) is 29.8 Å². The molecule has 0 aliphatic rings. The van der Waals surface area contributed by atoms with Gasteiger partial charge in [0.05, 0.1) is 0 Å². The summed E-state index contributed by atoms with van der Waals surface area (Å²) in [6, 6.07) is 7.24. The van der Waals surface area contributed by atoms with Crippen molar-refractivity contribution in [2.75, 3.05) is 21.1 Å². The summed E-state index contributed by atoms with van der Waals surface area (Å²) in [5.41, 5.74) is 0.452. The average molecular weight is 336 g/mol. The van der Waals surface area contributed by atoms with Gasteiger partial charge in [0.25, 0.3) is 0 Å². The fourth-order valence-electron chi connectivity index (χ4n) is 1.92. The smallest absolute Gasteiger partial charge is 0.414 e. The molecule has 24 heavy (non-hydrogen) atoms. The van der Waals surface area contributed by atoms with Gasteiger partial charge in [-0.15, -0.1) is 0 Å². The van der Waals surface area contributed by atoms with Gasteiger partial charge in [0.1, 0.15) is 11.4 Å². The number of rotatable bonds is 4. The molecule has 0 saturated heterocycles. The quantitative estimate of drug-likeness (QED) is 0.844. The molecule has 134 valence electrons. The lowest BCUT2D eigenvalue weighted by Crippen LogP contribution is -2.40. The van der Waals surface area contributed by atoms with Crippen LogP contribution in [0.4, 0.5) is 9.59 Å². The zero-order chi connectivity index (χ0) is 18.5. The first-order chi connectivity index (χ1) is 11.0. The molecule has 1 aromatic rings. The van der Waals surface area contributed by atoms with Crippen molar-refractivity contribution in [1.82, 2.24) is 9.80 Å². The van der Waals surface area contributed by atoms with Crippen molar-refractivity contribution in [3.63, 3.8) is 0 Å². The molecule has 6 nitrogen and oxygen atoms in total. The topological polar surface area (TPSA) is 59.1 Å². The van der Waals surface area contributed by atoms with Crippen LogP contribution < -0.4 is 4.74 Å². The minimum Gasteiger partial charge on any atom is -0.444 e. The zero-order valence-electron chi connectivity index (χ0n) is 15.6. The van der Waals surface area contributed by atoms with Crippen molar-refractivity contribution in [3.8, 4) is 5.75 Å². The molecule has 0 aromatic heterocycles. The predicted molar refractivity (Wildman–Crippen MR) is 93.3 cm³/mol. The molecule has 0 spiro atoms. The van der Waals surface area contributed by atoms with Crippen LogP contribution in [0, 0.1) is 0 Å². The monoisotopic (exact) mass is 336 g/mol. The van der Waals surface area contributed by atoms with E-state index in [9.17, 15) is 9.59 Å². The highest BCUT2D eigenvalue weighted by molar-refractivity contribution is 5.70. The Balaban J connectivity index is 2.71. The second-order valence-electron chi connectivity index (χ2n) is 7.05. The van der Waals surface area contributed by atoms with Gasteiger partial charge in [-0.05, 0) is 51.8 Å². The number of nitrogens with zero attached hydrogens (tertiary/aromatic N) is 2. The summed E-state index contributed by atoms with van der Waals surface area (Å²) >= 11 is 0. The molecule has 0 heterocycles. The largest absolute Gasteiger partial charge is 0.444 e. The van der Waals surface area contributed by atoms with Gasteiger partial charge in [-0.2, -0.15) is 0 Å². The van der Waals surface area contributed by atoms with Crippen LogP contribution in [-0.4, -0.2) is 54.8 Å². The molecular weight excluding hydrogens is 308 g/mol. The highest BCUT2D eigenvalue weighted by Crippen LogP contribution is 2.18. The van der Waals surface area contributed by atoms with Gasteiger partial charge in [-0.1, -0.05) is 12.1 Å². The molecule has 1 rings (SSSR count). The molecule has 0 radical (unpaired) electrons. The average Bonchev–Trinajstić information content (AvgIpc) is 2.44. The van der Waals surface area contributed by atoms with Crippen molar-refractivity contribution < 1.29 is 19.1 Å². The zero-order valence-corrected chi connectivity index (χ0v) is 15.6. The molecule has 0 aliphatic heterocycles. The van der Waals surface area contributed by atoms with Gasteiger partial charge in [-0.25, -0.2) is 9.59 Å². The van der Waals surface area contributed by atoms with Crippen LogP contribution in [-0.2, 0) is 11.2 Å². The third kappa shape index (κ3) is 6.48. The van der Waals surface area contributed by atoms with E-state index in [0.29, 0.717) is 12.2 Å². The maximum atomic E-state index is 12.1. The van der Waals surface area contributed by atoms with Crippen molar-refractivity contribution in [2.24, 2.45) is 0 Å². The lowest BCUT2D eigenvalue weighted by Gasteiger charge is -2.28. The number of carbonyl (C=O) groups is 2. The van der Waals surface area contributed by atoms with Crippen molar-refractivity contribution in [2.45, 2.75) is 45.8 Å². The first-order valence-electron chi connectivity index (χ1n) is 7.93. The standard InChI is InChI=1S/C18H28N2O4/c1-13(20(7)17(22)24-18(2,3)4)11-14-9-8-10-15(12-14)23-16(21)19(5)6/h8-10,12-13H,11H2,1-7H3. The van der Waals surface area contributed by atoms with Gasteiger partial charge in [-0.3, -0.25) is 0 Å². The molecule has 0 bridgehead atoms. The van der Waals surface area contributed by atoms with E-state index in [1.54, 1.807) is 38.2 Å². The Morgan fingerprint density at radius 3 is 2.29 bits per heavy atom. The van der Waals surface area contributed by atoms with E-state index in [1.807, 2.05) is 39.8 Å². The lowest BCUT2D eigenvalue weighted by atomic mass is 10.1. The molecule has 0 saturated carbocycles. The van der Waals surface area contributed by atoms with Crippen LogP contribution >= 0.6 is 0 Å². The summed E-state index contributed by atoms with van der Waals surface area (Å²) < 4.78 is 10.6. The number of hydrogen-bond acceptors (Lipinski definition) is 4. The second kappa shape index (κ2) is 8.04. The van der Waals surface area contributed by atoms with E-state index in [4.69, 9.17) is 9.47 Å². The molecule has 0 aliphatic carbocycles. The normalized spacial score (nSPS) is 12.3. The Hall–Kier alpha value is -2.24. The van der Waals surface area contributed by atoms with Crippen LogP contribution in [0.5, 0.6) is 5.75 Å². The van der Waals surface area contributed by atoms with Crippen LogP contribution in [0.3, 0.4) is 0 Å². The SMILES string of the molecule is CC(Cc1cccc(OC(=O)N(C)C)c1)N(C)C(=O)OC(C)(C)C. The fourth-order valence-corrected chi connectivity index (χ4v) is 1.92. The summed E-state index contributed by atoms with van der Waals surface area (Å²) in [7, 11) is 4.97. The lowest BCUT2D eigenvalue weighted by molar-refractivity contribution is 0.0236. The molecule has 0 fully saturated rings. The molecular formula is C18H28N2O4. The molecule has 1 unspecified atom stereocenters. The number of hydrogen-bond donors (Lipinski definition) is 0. The summed E-state index contributed by atoms with van der Waals surface area (Å²) in [6.07, 6.45) is -0.153. The van der Waals surface area contributed by atoms with E-state index in [-0.39, 0.29) is 12.1 Å². The molecule has 6 heteroatoms. The van der Waals surface area contributed by atoms with Crippen LogP contribution in [0.1, 0.15) is 33.3 Å². The van der Waals surface area contributed by atoms with Crippen LogP contribution in [0.25, 0.3) is 0 Å². The second-order valence-corrected chi connectivity index (χ2v) is 7.05. The number of likely N-dealkylation sites (N-methyl/N-ethyl adjacent to an activating group) is 1. The minimum absolute atomic E-state index is 0.0559. The summed E-state index contributed by atoms with van der Waals surface area (Å²) in [6.45, 7) is 7.46. The van der Waals surface area contributed by atoms with Gasteiger partial charge >= 0.3 is 12.2 Å². The van der Waals surface area contributed by atoms with Gasteiger partial charge in [0.15, 0.2) is 0 Å². The molecule has 2 amide bonds. The highest BCUT2D eigenvalue weighted by Gasteiger charge is 2.23. The predicted octanol–water partition coefficient (Wildman–Crippen LogP) is 3.54. The Labute approximate surface area is 144 Å². The van der Waals surface area contributed by atoms with Crippen LogP contribution in [0.2, 0.25) is 0 Å². The summed E-state index contributed by atoms with van der Waals surface area (Å²) in [5.74, 6) is 0.485. The van der Waals surface area contributed by atoms with Gasteiger partial charge in [0, 0.05) is 27.2 Å².